The number of halogens is 3. The fourth-order valence-electron chi connectivity index (χ4n) is 2.49. The molecule has 0 heterocycles. The predicted octanol–water partition coefficient (Wildman–Crippen LogP) is 4.71. The van der Waals surface area contributed by atoms with Gasteiger partial charge in [0.1, 0.15) is 0 Å². The minimum Gasteiger partial charge on any atom is -0.316 e. The van der Waals surface area contributed by atoms with E-state index < -0.39 is 11.7 Å². The van der Waals surface area contributed by atoms with Crippen LogP contribution < -0.4 is 5.32 Å². The zero-order chi connectivity index (χ0) is 15.6. The first kappa shape index (κ1) is 15.6. The quantitative estimate of drug-likeness (QED) is 0.864. The molecule has 0 amide bonds. The zero-order valence-electron chi connectivity index (χ0n) is 12.3. The lowest BCUT2D eigenvalue weighted by atomic mass is 9.94. The predicted molar refractivity (Wildman–Crippen MR) is 79.1 cm³/mol. The summed E-state index contributed by atoms with van der Waals surface area (Å²) in [5.41, 5.74) is 4.14. The van der Waals surface area contributed by atoms with E-state index in [1.54, 1.807) is 6.07 Å². The second kappa shape index (κ2) is 5.90. The summed E-state index contributed by atoms with van der Waals surface area (Å²) < 4.78 is 38.4. The highest BCUT2D eigenvalue weighted by Gasteiger charge is 2.30. The van der Waals surface area contributed by atoms with Crippen LogP contribution in [0.3, 0.4) is 0 Å². The maximum Gasteiger partial charge on any atom is 0.416 e. The molecule has 112 valence electrons. The first-order chi connectivity index (χ1) is 9.82. The third kappa shape index (κ3) is 3.45. The molecule has 0 fully saturated rings. The SMILES string of the molecule is CNCc1c(C)cc(-c2cccc(C(F)(F)F)c2)cc1C. The third-order valence-corrected chi connectivity index (χ3v) is 3.57. The highest BCUT2D eigenvalue weighted by molar-refractivity contribution is 5.67. The molecule has 0 aliphatic heterocycles. The van der Waals surface area contributed by atoms with Gasteiger partial charge in [0.2, 0.25) is 0 Å². The van der Waals surface area contributed by atoms with Crippen molar-refractivity contribution in [2.75, 3.05) is 7.05 Å². The van der Waals surface area contributed by atoms with Crippen LogP contribution >= 0.6 is 0 Å². The van der Waals surface area contributed by atoms with Crippen LogP contribution in [0.15, 0.2) is 36.4 Å². The molecule has 0 unspecified atom stereocenters. The Morgan fingerprint density at radius 2 is 1.57 bits per heavy atom. The first-order valence-corrected chi connectivity index (χ1v) is 6.75. The molecule has 1 N–H and O–H groups in total. The van der Waals surface area contributed by atoms with Gasteiger partial charge in [0.05, 0.1) is 5.56 Å². The van der Waals surface area contributed by atoms with Crippen LogP contribution in [0.25, 0.3) is 11.1 Å². The second-order valence-corrected chi connectivity index (χ2v) is 5.20. The number of rotatable bonds is 3. The van der Waals surface area contributed by atoms with Crippen LogP contribution in [0, 0.1) is 13.8 Å². The zero-order valence-corrected chi connectivity index (χ0v) is 12.3. The van der Waals surface area contributed by atoms with Gasteiger partial charge in [-0.1, -0.05) is 24.3 Å². The summed E-state index contributed by atoms with van der Waals surface area (Å²) in [7, 11) is 1.87. The van der Waals surface area contributed by atoms with E-state index in [9.17, 15) is 13.2 Å². The van der Waals surface area contributed by atoms with Crippen LogP contribution in [0.4, 0.5) is 13.2 Å². The van der Waals surface area contributed by atoms with Gasteiger partial charge in [-0.05, 0) is 60.8 Å². The van der Waals surface area contributed by atoms with E-state index in [1.165, 1.54) is 17.7 Å². The maximum atomic E-state index is 12.8. The van der Waals surface area contributed by atoms with E-state index in [0.29, 0.717) is 5.56 Å². The Bertz CT molecular complexity index is 622. The minimum absolute atomic E-state index is 0.590. The van der Waals surface area contributed by atoms with E-state index in [-0.39, 0.29) is 0 Å². The van der Waals surface area contributed by atoms with Crippen molar-refractivity contribution in [2.45, 2.75) is 26.6 Å². The number of alkyl halides is 3. The molecule has 0 spiro atoms. The molecule has 0 aromatic heterocycles. The largest absolute Gasteiger partial charge is 0.416 e. The summed E-state index contributed by atoms with van der Waals surface area (Å²) in [6.45, 7) is 4.72. The monoisotopic (exact) mass is 293 g/mol. The number of benzene rings is 2. The minimum atomic E-state index is -4.31. The van der Waals surface area contributed by atoms with Crippen molar-refractivity contribution in [2.24, 2.45) is 0 Å². The van der Waals surface area contributed by atoms with Gasteiger partial charge in [0.25, 0.3) is 0 Å². The highest BCUT2D eigenvalue weighted by Crippen LogP contribution is 2.33. The third-order valence-electron chi connectivity index (χ3n) is 3.57. The van der Waals surface area contributed by atoms with Crippen molar-refractivity contribution in [3.05, 3.63) is 58.7 Å². The summed E-state index contributed by atoms with van der Waals surface area (Å²) in [5.74, 6) is 0. The molecule has 0 bridgehead atoms. The molecule has 0 aliphatic rings. The highest BCUT2D eigenvalue weighted by atomic mass is 19.4. The first-order valence-electron chi connectivity index (χ1n) is 6.75. The average molecular weight is 293 g/mol. The van der Waals surface area contributed by atoms with Crippen LogP contribution in [-0.2, 0) is 12.7 Å². The molecule has 4 heteroatoms. The van der Waals surface area contributed by atoms with Crippen molar-refractivity contribution >= 4 is 0 Å². The molecule has 1 nitrogen and oxygen atoms in total. The smallest absolute Gasteiger partial charge is 0.316 e. The van der Waals surface area contributed by atoms with E-state index in [0.717, 1.165) is 29.3 Å². The van der Waals surface area contributed by atoms with E-state index in [2.05, 4.69) is 5.32 Å². The maximum absolute atomic E-state index is 12.8. The van der Waals surface area contributed by atoms with Gasteiger partial charge in [0, 0.05) is 6.54 Å². The number of aryl methyl sites for hydroxylation is 2. The standard InChI is InChI=1S/C17H18F3N/c1-11-7-14(8-12(2)16(11)10-21-3)13-5-4-6-15(9-13)17(18,19)20/h4-9,21H,10H2,1-3H3. The Morgan fingerprint density at radius 3 is 2.10 bits per heavy atom. The van der Waals surface area contributed by atoms with Crippen molar-refractivity contribution in [3.8, 4) is 11.1 Å². The van der Waals surface area contributed by atoms with Gasteiger partial charge in [-0.2, -0.15) is 13.2 Å². The number of hydrogen-bond acceptors (Lipinski definition) is 1. The Morgan fingerprint density at radius 1 is 0.952 bits per heavy atom. The van der Waals surface area contributed by atoms with Gasteiger partial charge in [-0.15, -0.1) is 0 Å². The number of nitrogens with one attached hydrogen (secondary N) is 1. The lowest BCUT2D eigenvalue weighted by molar-refractivity contribution is -0.137. The fourth-order valence-corrected chi connectivity index (χ4v) is 2.49. The lowest BCUT2D eigenvalue weighted by Gasteiger charge is -2.14. The van der Waals surface area contributed by atoms with Crippen LogP contribution in [-0.4, -0.2) is 7.05 Å². The van der Waals surface area contributed by atoms with Crippen LogP contribution in [0.5, 0.6) is 0 Å². The summed E-state index contributed by atoms with van der Waals surface area (Å²) in [6, 6.07) is 9.33. The summed E-state index contributed by atoms with van der Waals surface area (Å²) in [5, 5.41) is 3.11. The van der Waals surface area contributed by atoms with Crippen LogP contribution in [0.2, 0.25) is 0 Å². The Balaban J connectivity index is 2.48. The molecule has 0 atom stereocenters. The van der Waals surface area contributed by atoms with Crippen molar-refractivity contribution < 1.29 is 13.2 Å². The van der Waals surface area contributed by atoms with Gasteiger partial charge in [-0.25, -0.2) is 0 Å². The lowest BCUT2D eigenvalue weighted by Crippen LogP contribution is -2.08. The average Bonchev–Trinajstić information content (AvgIpc) is 2.42. The van der Waals surface area contributed by atoms with Gasteiger partial charge in [-0.3, -0.25) is 0 Å². The van der Waals surface area contributed by atoms with E-state index in [4.69, 9.17) is 0 Å². The van der Waals surface area contributed by atoms with E-state index >= 15 is 0 Å². The molecule has 2 rings (SSSR count). The molecule has 2 aromatic rings. The Labute approximate surface area is 122 Å². The number of hydrogen-bond donors (Lipinski definition) is 1. The summed E-state index contributed by atoms with van der Waals surface area (Å²) >= 11 is 0. The fraction of sp³-hybridized carbons (Fsp3) is 0.294. The van der Waals surface area contributed by atoms with Crippen molar-refractivity contribution in [1.29, 1.82) is 0 Å². The summed E-state index contributed by atoms with van der Waals surface area (Å²) in [6.07, 6.45) is -4.31. The van der Waals surface area contributed by atoms with E-state index in [1.807, 2.05) is 33.0 Å². The van der Waals surface area contributed by atoms with Crippen LogP contribution in [0.1, 0.15) is 22.3 Å². The topological polar surface area (TPSA) is 12.0 Å². The van der Waals surface area contributed by atoms with Gasteiger partial charge < -0.3 is 5.32 Å². The van der Waals surface area contributed by atoms with Gasteiger partial charge in [0.15, 0.2) is 0 Å². The molecule has 0 saturated carbocycles. The molecule has 21 heavy (non-hydrogen) atoms. The molecule has 0 saturated heterocycles. The van der Waals surface area contributed by atoms with Gasteiger partial charge >= 0.3 is 6.18 Å². The van der Waals surface area contributed by atoms with Crippen molar-refractivity contribution in [3.63, 3.8) is 0 Å². The Hall–Kier alpha value is -1.81. The molecular weight excluding hydrogens is 275 g/mol. The molecule has 2 aromatic carbocycles. The molecular formula is C17H18F3N. The normalized spacial score (nSPS) is 11.7. The molecule has 0 radical (unpaired) electrons. The summed E-state index contributed by atoms with van der Waals surface area (Å²) in [4.78, 5) is 0. The van der Waals surface area contributed by atoms with Crippen molar-refractivity contribution in [1.82, 2.24) is 5.32 Å². The molecule has 0 aliphatic carbocycles. The Kier molecular flexibility index (Phi) is 4.37. The second-order valence-electron chi connectivity index (χ2n) is 5.20.